The number of rotatable bonds is 1. The van der Waals surface area contributed by atoms with Crippen molar-refractivity contribution in [3.05, 3.63) is 66.1 Å². The highest BCUT2D eigenvalue weighted by molar-refractivity contribution is 8.26. The van der Waals surface area contributed by atoms with E-state index in [1.165, 1.54) is 25.7 Å². The van der Waals surface area contributed by atoms with Crippen LogP contribution in [0.5, 0.6) is 0 Å². The zero-order valence-corrected chi connectivity index (χ0v) is 21.9. The Hall–Kier alpha value is -2.57. The van der Waals surface area contributed by atoms with E-state index in [9.17, 15) is 0 Å². The summed E-state index contributed by atoms with van der Waals surface area (Å²) in [5, 5.41) is 13.1. The third-order valence-electron chi connectivity index (χ3n) is 5.58. The molecule has 0 aliphatic carbocycles. The molecular formula is C28H43N5S. The molecule has 5 nitrogen and oxygen atoms in total. The van der Waals surface area contributed by atoms with E-state index in [1.54, 1.807) is 0 Å². The third-order valence-corrected chi connectivity index (χ3v) is 6.86. The minimum atomic E-state index is -1.80. The van der Waals surface area contributed by atoms with Gasteiger partial charge in [-0.25, -0.2) is 9.97 Å². The number of hydrogen-bond acceptors (Lipinski definition) is 5. The normalized spacial score (nSPS) is 17.1. The van der Waals surface area contributed by atoms with Crippen LogP contribution in [0.25, 0.3) is 0 Å². The van der Waals surface area contributed by atoms with Gasteiger partial charge < -0.3 is 10.6 Å². The minimum Gasteiger partial charge on any atom is -0.389 e. The lowest BCUT2D eigenvalue weighted by Crippen LogP contribution is -2.14. The Bertz CT molecular complexity index is 1020. The average molecular weight is 482 g/mol. The number of allylic oxidation sites excluding steroid dienone is 3. The van der Waals surface area contributed by atoms with Crippen LogP contribution in [0.2, 0.25) is 0 Å². The maximum Gasteiger partial charge on any atom is 0.227 e. The van der Waals surface area contributed by atoms with E-state index in [2.05, 4.69) is 57.1 Å². The Labute approximate surface area is 207 Å². The van der Waals surface area contributed by atoms with Crippen molar-refractivity contribution in [1.82, 2.24) is 15.3 Å². The molecule has 0 unspecified atom stereocenters. The summed E-state index contributed by atoms with van der Waals surface area (Å²) in [4.78, 5) is 10.0. The molecule has 0 saturated heterocycles. The summed E-state index contributed by atoms with van der Waals surface area (Å²) in [6.07, 6.45) is 18.1. The van der Waals surface area contributed by atoms with Crippen LogP contribution >= 0.6 is 9.39 Å². The van der Waals surface area contributed by atoms with Gasteiger partial charge in [0.05, 0.1) is 0 Å². The number of benzene rings is 1. The lowest BCUT2D eigenvalue weighted by atomic mass is 10.1. The third kappa shape index (κ3) is 9.74. The van der Waals surface area contributed by atoms with Crippen LogP contribution in [0.4, 0.5) is 11.6 Å². The number of fused-ring (bicyclic) bond motifs is 14. The first-order valence-corrected chi connectivity index (χ1v) is 14.5. The molecule has 34 heavy (non-hydrogen) atoms. The quantitative estimate of drug-likeness (QED) is 0.314. The number of nitrogens with zero attached hydrogens (tertiary/aromatic N) is 2. The molecule has 0 amide bonds. The number of nitrogens with two attached hydrogens (primary N) is 1. The van der Waals surface area contributed by atoms with Gasteiger partial charge in [-0.05, 0) is 74.3 Å². The van der Waals surface area contributed by atoms with E-state index in [1.807, 2.05) is 38.4 Å². The van der Waals surface area contributed by atoms with Crippen LogP contribution in [0.1, 0.15) is 69.9 Å². The van der Waals surface area contributed by atoms with Crippen molar-refractivity contribution in [2.24, 2.45) is 5.14 Å². The average Bonchev–Trinajstić information content (AvgIpc) is 2.81. The topological polar surface area (TPSA) is 75.9 Å². The maximum atomic E-state index is 6.31. The lowest BCUT2D eigenvalue weighted by Gasteiger charge is -2.16. The monoisotopic (exact) mass is 481 g/mol. The summed E-state index contributed by atoms with van der Waals surface area (Å²) in [7, 11) is -1.80. The highest BCUT2D eigenvalue weighted by Gasteiger charge is 2.07. The fraction of sp³-hybridized carbons (Fsp3) is 0.429. The fourth-order valence-corrected chi connectivity index (χ4v) is 4.82. The molecule has 6 heteroatoms. The molecule has 0 fully saturated rings. The zero-order valence-electron chi connectivity index (χ0n) is 21.1. The Balaban J connectivity index is 0.00000199. The van der Waals surface area contributed by atoms with Gasteiger partial charge in [-0.3, -0.25) is 5.14 Å². The first kappa shape index (κ1) is 27.7. The second kappa shape index (κ2) is 14.6. The van der Waals surface area contributed by atoms with Gasteiger partial charge in [-0.15, -0.1) is 9.39 Å². The van der Waals surface area contributed by atoms with Crippen LogP contribution in [0.15, 0.2) is 59.9 Å². The van der Waals surface area contributed by atoms with E-state index in [-0.39, 0.29) is 0 Å². The molecule has 2 aliphatic rings. The summed E-state index contributed by atoms with van der Waals surface area (Å²) in [5.41, 5.74) is 4.36. The predicted octanol–water partition coefficient (Wildman–Crippen LogP) is 6.64. The smallest absolute Gasteiger partial charge is 0.227 e. The van der Waals surface area contributed by atoms with Gasteiger partial charge >= 0.3 is 0 Å². The SMILES string of the molecule is C=C1CCCc2cnc(nc2)Nc2ccc(S(=C)(=C)N)c(c2)C/C=C\CCCCCCN1.CC. The van der Waals surface area contributed by atoms with Crippen molar-refractivity contribution in [2.45, 2.75) is 76.5 Å². The number of anilines is 2. The standard InChI is InChI=1S/C26H37N5S.C2H6/c1-21-12-11-13-22-19-29-26(30-20-22)31-24-15-16-25(32(2,3)27)23(18-24)14-9-7-5-4-6-8-10-17-28-21;1-2/h7,9,15-16,18-20,28H,1-6,8,10-14,17,27H2,(H,29,30,31);1-2H3/b9-7-;. The zero-order chi connectivity index (χ0) is 24.8. The molecule has 2 aliphatic heterocycles. The van der Waals surface area contributed by atoms with Gasteiger partial charge in [-0.1, -0.05) is 57.2 Å². The molecule has 0 atom stereocenters. The molecule has 4 rings (SSSR count). The lowest BCUT2D eigenvalue weighted by molar-refractivity contribution is 0.609. The Morgan fingerprint density at radius 2 is 1.68 bits per heavy atom. The summed E-state index contributed by atoms with van der Waals surface area (Å²) < 4.78 is 0. The predicted molar refractivity (Wildman–Crippen MR) is 153 cm³/mol. The number of aryl methyl sites for hydroxylation is 1. The van der Waals surface area contributed by atoms with Crippen LogP contribution in [0, 0.1) is 0 Å². The van der Waals surface area contributed by atoms with Crippen molar-refractivity contribution in [3.63, 3.8) is 0 Å². The molecule has 3 heterocycles. The van der Waals surface area contributed by atoms with Crippen molar-refractivity contribution in [2.75, 3.05) is 11.9 Å². The number of hydrogen-bond donors (Lipinski definition) is 3. The van der Waals surface area contributed by atoms with E-state index >= 15 is 0 Å². The van der Waals surface area contributed by atoms with E-state index in [4.69, 9.17) is 5.14 Å². The molecule has 4 N–H and O–H groups in total. The highest BCUT2D eigenvalue weighted by Crippen LogP contribution is 2.31. The van der Waals surface area contributed by atoms with E-state index in [0.717, 1.165) is 66.1 Å². The van der Waals surface area contributed by atoms with Crippen molar-refractivity contribution in [1.29, 1.82) is 0 Å². The molecule has 1 aromatic heterocycles. The van der Waals surface area contributed by atoms with E-state index in [0.29, 0.717) is 5.95 Å². The molecular weight excluding hydrogens is 438 g/mol. The van der Waals surface area contributed by atoms with Gasteiger partial charge in [0, 0.05) is 35.2 Å². The first-order chi connectivity index (χ1) is 16.4. The Morgan fingerprint density at radius 3 is 2.41 bits per heavy atom. The van der Waals surface area contributed by atoms with Crippen LogP contribution in [-0.4, -0.2) is 28.3 Å². The number of aromatic nitrogens is 2. The summed E-state index contributed by atoms with van der Waals surface area (Å²) in [6, 6.07) is 6.16. The molecule has 186 valence electrons. The molecule has 0 saturated carbocycles. The van der Waals surface area contributed by atoms with Crippen molar-refractivity contribution < 1.29 is 0 Å². The van der Waals surface area contributed by atoms with Gasteiger partial charge in [-0.2, -0.15) is 0 Å². The fourth-order valence-electron chi connectivity index (χ4n) is 3.82. The van der Waals surface area contributed by atoms with Crippen molar-refractivity contribution >= 4 is 32.8 Å². The molecule has 1 aromatic carbocycles. The largest absolute Gasteiger partial charge is 0.389 e. The summed E-state index contributed by atoms with van der Waals surface area (Å²) in [5.74, 6) is 8.82. The summed E-state index contributed by atoms with van der Waals surface area (Å²) >= 11 is 0. The van der Waals surface area contributed by atoms with Crippen molar-refractivity contribution in [3.8, 4) is 0 Å². The Kier molecular flexibility index (Phi) is 11.9. The maximum absolute atomic E-state index is 6.31. The van der Waals surface area contributed by atoms with Crippen LogP contribution in [-0.2, 0) is 12.8 Å². The number of nitrogens with one attached hydrogen (secondary N) is 2. The molecule has 0 radical (unpaired) electrons. The summed E-state index contributed by atoms with van der Waals surface area (Å²) in [6.45, 7) is 9.17. The molecule has 4 bridgehead atoms. The molecule has 2 aromatic rings. The van der Waals surface area contributed by atoms with Gasteiger partial charge in [0.2, 0.25) is 5.95 Å². The minimum absolute atomic E-state index is 0.590. The highest BCUT2D eigenvalue weighted by atomic mass is 32.2. The first-order valence-electron chi connectivity index (χ1n) is 12.5. The van der Waals surface area contributed by atoms with Gasteiger partial charge in [0.1, 0.15) is 0 Å². The second-order valence-corrected chi connectivity index (χ2v) is 10.9. The van der Waals surface area contributed by atoms with E-state index < -0.39 is 9.39 Å². The van der Waals surface area contributed by atoms with Crippen LogP contribution < -0.4 is 15.8 Å². The van der Waals surface area contributed by atoms with Gasteiger partial charge in [0.15, 0.2) is 0 Å². The van der Waals surface area contributed by atoms with Crippen LogP contribution in [0.3, 0.4) is 0 Å². The molecule has 0 spiro atoms. The Morgan fingerprint density at radius 1 is 0.941 bits per heavy atom. The second-order valence-electron chi connectivity index (χ2n) is 8.57. The van der Waals surface area contributed by atoms with Gasteiger partial charge in [0.25, 0.3) is 0 Å².